The summed E-state index contributed by atoms with van der Waals surface area (Å²) >= 11 is 0. The van der Waals surface area contributed by atoms with E-state index in [9.17, 15) is 9.59 Å². The second kappa shape index (κ2) is 7.44. The second-order valence-electron chi connectivity index (χ2n) is 6.55. The van der Waals surface area contributed by atoms with Crippen molar-refractivity contribution in [2.24, 2.45) is 0 Å². The van der Waals surface area contributed by atoms with Crippen LogP contribution in [0.1, 0.15) is 37.9 Å². The summed E-state index contributed by atoms with van der Waals surface area (Å²) in [5.41, 5.74) is 1.84. The zero-order valence-corrected chi connectivity index (χ0v) is 14.5. The molecule has 7 nitrogen and oxygen atoms in total. The van der Waals surface area contributed by atoms with Gasteiger partial charge in [0.25, 0.3) is 5.56 Å². The lowest BCUT2D eigenvalue weighted by Gasteiger charge is -2.32. The minimum absolute atomic E-state index is 0.0174. The summed E-state index contributed by atoms with van der Waals surface area (Å²) in [5.74, 6) is 0.0174. The van der Waals surface area contributed by atoms with Crippen molar-refractivity contribution in [3.05, 3.63) is 27.7 Å². The van der Waals surface area contributed by atoms with Gasteiger partial charge in [0.05, 0.1) is 17.8 Å². The average molecular weight is 334 g/mol. The van der Waals surface area contributed by atoms with Crippen LogP contribution in [0.5, 0.6) is 0 Å². The molecule has 132 valence electrons. The smallest absolute Gasteiger partial charge is 0.267 e. The van der Waals surface area contributed by atoms with Crippen molar-refractivity contribution in [2.75, 3.05) is 19.7 Å². The first-order valence-electron chi connectivity index (χ1n) is 8.81. The molecule has 1 amide bonds. The fourth-order valence-electron chi connectivity index (χ4n) is 3.35. The molecule has 2 aliphatic heterocycles. The lowest BCUT2D eigenvalue weighted by atomic mass is 10.0. The third-order valence-electron chi connectivity index (χ3n) is 4.93. The number of aryl methyl sites for hydroxylation is 1. The maximum atomic E-state index is 12.4. The van der Waals surface area contributed by atoms with Gasteiger partial charge in [-0.3, -0.25) is 14.5 Å². The monoisotopic (exact) mass is 334 g/mol. The van der Waals surface area contributed by atoms with Crippen LogP contribution in [0, 0.1) is 0 Å². The molecular formula is C17H26N4O3. The summed E-state index contributed by atoms with van der Waals surface area (Å²) in [6.45, 7) is 7.15. The fourth-order valence-corrected chi connectivity index (χ4v) is 3.35. The molecule has 1 saturated heterocycles. The van der Waals surface area contributed by atoms with Crippen LogP contribution in [0.3, 0.4) is 0 Å². The molecule has 0 radical (unpaired) electrons. The van der Waals surface area contributed by atoms with E-state index in [1.807, 2.05) is 13.8 Å². The minimum atomic E-state index is -0.229. The molecule has 0 saturated carbocycles. The van der Waals surface area contributed by atoms with Crippen LogP contribution in [0.15, 0.2) is 10.9 Å². The predicted molar refractivity (Wildman–Crippen MR) is 89.7 cm³/mol. The van der Waals surface area contributed by atoms with Gasteiger partial charge in [-0.1, -0.05) is 0 Å². The number of fused-ring (bicyclic) bond motifs is 1. The summed E-state index contributed by atoms with van der Waals surface area (Å²) in [6, 6.07) is 1.43. The maximum Gasteiger partial charge on any atom is 0.267 e. The third-order valence-corrected chi connectivity index (χ3v) is 4.93. The number of hydrogen-bond donors (Lipinski definition) is 1. The molecular weight excluding hydrogens is 308 g/mol. The van der Waals surface area contributed by atoms with Gasteiger partial charge in [-0.15, -0.1) is 0 Å². The molecule has 2 atom stereocenters. The van der Waals surface area contributed by atoms with Crippen molar-refractivity contribution in [1.82, 2.24) is 20.0 Å². The molecule has 2 aliphatic rings. The van der Waals surface area contributed by atoms with E-state index in [1.165, 1.54) is 4.68 Å². The van der Waals surface area contributed by atoms with Gasteiger partial charge in [-0.25, -0.2) is 4.68 Å². The molecule has 1 fully saturated rings. The first-order valence-corrected chi connectivity index (χ1v) is 8.81. The van der Waals surface area contributed by atoms with E-state index in [-0.39, 0.29) is 23.6 Å². The molecule has 3 heterocycles. The summed E-state index contributed by atoms with van der Waals surface area (Å²) in [6.07, 6.45) is 3.00. The molecule has 1 N–H and O–H groups in total. The van der Waals surface area contributed by atoms with E-state index in [2.05, 4.69) is 15.3 Å². The standard InChI is InChI=1S/C17H26N4O3/c1-3-21-16(22)9-13-11-20(7-6-15(13)19-21)12(2)17(23)18-10-14-5-4-8-24-14/h9,12,14H,3-8,10-11H2,1-2H3,(H,18,23)/t12-,14-/m0/s1. The number of ether oxygens (including phenoxy) is 1. The van der Waals surface area contributed by atoms with Gasteiger partial charge in [0.15, 0.2) is 0 Å². The Bertz CT molecular complexity index is 652. The molecule has 7 heteroatoms. The van der Waals surface area contributed by atoms with E-state index < -0.39 is 0 Å². The third kappa shape index (κ3) is 3.67. The Kier molecular flexibility index (Phi) is 5.30. The molecule has 24 heavy (non-hydrogen) atoms. The largest absolute Gasteiger partial charge is 0.376 e. The molecule has 0 bridgehead atoms. The molecule has 0 spiro atoms. The lowest BCUT2D eigenvalue weighted by molar-refractivity contribution is -0.126. The highest BCUT2D eigenvalue weighted by Crippen LogP contribution is 2.18. The molecule has 3 rings (SSSR count). The number of carbonyl (C=O) groups is 1. The Morgan fingerprint density at radius 3 is 3.08 bits per heavy atom. The second-order valence-corrected chi connectivity index (χ2v) is 6.55. The van der Waals surface area contributed by atoms with Crippen molar-refractivity contribution in [1.29, 1.82) is 0 Å². The normalized spacial score (nSPS) is 22.2. The van der Waals surface area contributed by atoms with Gasteiger partial charge in [0.1, 0.15) is 0 Å². The predicted octanol–water partition coefficient (Wildman–Crippen LogP) is 0.305. The van der Waals surface area contributed by atoms with Crippen molar-refractivity contribution >= 4 is 5.91 Å². The number of carbonyl (C=O) groups excluding carboxylic acids is 1. The zero-order valence-electron chi connectivity index (χ0n) is 14.5. The molecule has 1 aromatic heterocycles. The van der Waals surface area contributed by atoms with E-state index in [4.69, 9.17) is 4.74 Å². The highest BCUT2D eigenvalue weighted by molar-refractivity contribution is 5.81. The fraction of sp³-hybridized carbons (Fsp3) is 0.706. The van der Waals surface area contributed by atoms with E-state index in [1.54, 1.807) is 6.07 Å². The van der Waals surface area contributed by atoms with Crippen LogP contribution < -0.4 is 10.9 Å². The average Bonchev–Trinajstić information content (AvgIpc) is 3.11. The van der Waals surface area contributed by atoms with Crippen molar-refractivity contribution in [3.8, 4) is 0 Å². The first kappa shape index (κ1) is 17.1. The number of rotatable bonds is 5. The van der Waals surface area contributed by atoms with Gasteiger partial charge in [0.2, 0.25) is 5.91 Å². The Balaban J connectivity index is 1.60. The Morgan fingerprint density at radius 2 is 2.38 bits per heavy atom. The summed E-state index contributed by atoms with van der Waals surface area (Å²) < 4.78 is 7.03. The molecule has 0 aromatic carbocycles. The maximum absolute atomic E-state index is 12.4. The highest BCUT2D eigenvalue weighted by atomic mass is 16.5. The minimum Gasteiger partial charge on any atom is -0.376 e. The topological polar surface area (TPSA) is 76.5 Å². The zero-order chi connectivity index (χ0) is 17.1. The number of aromatic nitrogens is 2. The van der Waals surface area contributed by atoms with E-state index in [0.717, 1.165) is 43.7 Å². The summed E-state index contributed by atoms with van der Waals surface area (Å²) in [7, 11) is 0. The van der Waals surface area contributed by atoms with Gasteiger partial charge >= 0.3 is 0 Å². The lowest BCUT2D eigenvalue weighted by Crippen LogP contribution is -2.48. The van der Waals surface area contributed by atoms with Crippen molar-refractivity contribution in [2.45, 2.75) is 58.3 Å². The van der Waals surface area contributed by atoms with Crippen LogP contribution in [-0.4, -0.2) is 52.4 Å². The number of hydrogen-bond acceptors (Lipinski definition) is 5. The Labute approximate surface area is 142 Å². The van der Waals surface area contributed by atoms with Crippen LogP contribution in [-0.2, 0) is 29.0 Å². The first-order chi connectivity index (χ1) is 11.6. The number of nitrogens with zero attached hydrogens (tertiary/aromatic N) is 3. The van der Waals surface area contributed by atoms with Crippen molar-refractivity contribution < 1.29 is 9.53 Å². The SMILES string of the molecule is CCn1nc2c(cc1=O)CN([C@@H](C)C(=O)NC[C@@H]1CCCO1)CC2. The quantitative estimate of drug-likeness (QED) is 0.838. The number of amides is 1. The van der Waals surface area contributed by atoms with Gasteiger partial charge in [0, 0.05) is 45.3 Å². The van der Waals surface area contributed by atoms with E-state index in [0.29, 0.717) is 19.6 Å². The van der Waals surface area contributed by atoms with E-state index >= 15 is 0 Å². The Morgan fingerprint density at radius 1 is 1.54 bits per heavy atom. The Hall–Kier alpha value is -1.73. The molecule has 1 aromatic rings. The highest BCUT2D eigenvalue weighted by Gasteiger charge is 2.27. The van der Waals surface area contributed by atoms with Crippen LogP contribution in [0.25, 0.3) is 0 Å². The number of nitrogens with one attached hydrogen (secondary N) is 1. The molecule has 0 unspecified atom stereocenters. The van der Waals surface area contributed by atoms with Gasteiger partial charge in [-0.05, 0) is 32.3 Å². The van der Waals surface area contributed by atoms with Gasteiger partial charge in [-0.2, -0.15) is 5.10 Å². The summed E-state index contributed by atoms with van der Waals surface area (Å²) in [5, 5.41) is 7.41. The van der Waals surface area contributed by atoms with Crippen LogP contribution in [0.2, 0.25) is 0 Å². The van der Waals surface area contributed by atoms with Crippen LogP contribution in [0.4, 0.5) is 0 Å². The van der Waals surface area contributed by atoms with Crippen LogP contribution >= 0.6 is 0 Å². The van der Waals surface area contributed by atoms with Gasteiger partial charge < -0.3 is 10.1 Å². The summed E-state index contributed by atoms with van der Waals surface area (Å²) in [4.78, 5) is 26.5. The molecule has 0 aliphatic carbocycles. The van der Waals surface area contributed by atoms with Crippen molar-refractivity contribution in [3.63, 3.8) is 0 Å².